The molecule has 2 saturated heterocycles. The Kier molecular flexibility index (Phi) is 3.00. The van der Waals surface area contributed by atoms with Gasteiger partial charge in [0.15, 0.2) is 5.92 Å². The number of β-lactam (4-membered cyclic amide) rings is 1. The van der Waals surface area contributed by atoms with Gasteiger partial charge in [0.05, 0.1) is 13.2 Å². The second-order valence-electron chi connectivity index (χ2n) is 6.44. The third kappa shape index (κ3) is 1.62. The Labute approximate surface area is 117 Å². The van der Waals surface area contributed by atoms with Crippen LogP contribution in [0.2, 0.25) is 0 Å². The lowest BCUT2D eigenvalue weighted by Gasteiger charge is -2.48. The molecule has 0 spiro atoms. The number of aliphatic carboxylic acids is 1. The van der Waals surface area contributed by atoms with Crippen molar-refractivity contribution in [2.75, 3.05) is 20.1 Å². The topological polar surface area (TPSA) is 86.6 Å². The van der Waals surface area contributed by atoms with E-state index in [1.54, 1.807) is 14.0 Å². The van der Waals surface area contributed by atoms with Gasteiger partial charge in [-0.15, -0.1) is 0 Å². The zero-order valence-electron chi connectivity index (χ0n) is 11.8. The first kappa shape index (κ1) is 13.7. The average molecular weight is 281 g/mol. The normalized spacial score (nSPS) is 38.2. The first-order valence-corrected chi connectivity index (χ1v) is 7.12. The number of rotatable bonds is 4. The molecular formula is C14H21N2O4+. The van der Waals surface area contributed by atoms with E-state index in [1.165, 1.54) is 0 Å². The summed E-state index contributed by atoms with van der Waals surface area (Å²) in [6.07, 6.45) is 0.660. The standard InChI is InChI=1S/C14H20N2O4/c1-7(17)11-10-4-9(3-8-5-15-6-8)12(14(19)20)16(10,2)13(11)18/h7-8,10-11,15,17H,3-6H2,1-2H3/p+1/t7-,10-,11-,16?/m1/s1. The fourth-order valence-corrected chi connectivity index (χ4v) is 4.04. The summed E-state index contributed by atoms with van der Waals surface area (Å²) in [6.45, 7) is 3.44. The van der Waals surface area contributed by atoms with E-state index in [1.807, 2.05) is 0 Å². The fourth-order valence-electron chi connectivity index (χ4n) is 4.04. The minimum absolute atomic E-state index is 0.100. The average Bonchev–Trinajstić information content (AvgIpc) is 2.54. The molecule has 2 fully saturated rings. The van der Waals surface area contributed by atoms with Crippen LogP contribution in [0.1, 0.15) is 19.8 Å². The van der Waals surface area contributed by atoms with Crippen molar-refractivity contribution in [2.24, 2.45) is 11.8 Å². The summed E-state index contributed by atoms with van der Waals surface area (Å²) in [6, 6.07) is -0.100. The summed E-state index contributed by atoms with van der Waals surface area (Å²) in [5.74, 6) is -1.10. The predicted molar refractivity (Wildman–Crippen MR) is 70.4 cm³/mol. The van der Waals surface area contributed by atoms with Crippen molar-refractivity contribution in [3.8, 4) is 0 Å². The van der Waals surface area contributed by atoms with Crippen molar-refractivity contribution >= 4 is 11.9 Å². The molecule has 0 aromatic heterocycles. The van der Waals surface area contributed by atoms with Gasteiger partial charge in [0.1, 0.15) is 6.04 Å². The summed E-state index contributed by atoms with van der Waals surface area (Å²) in [4.78, 5) is 24.0. The fraction of sp³-hybridized carbons (Fsp3) is 0.714. The smallest absolute Gasteiger partial charge is 0.390 e. The lowest BCUT2D eigenvalue weighted by molar-refractivity contribution is -0.852. The van der Waals surface area contributed by atoms with Gasteiger partial charge < -0.3 is 15.5 Å². The minimum Gasteiger partial charge on any atom is -0.474 e. The van der Waals surface area contributed by atoms with Crippen LogP contribution in [-0.2, 0) is 9.59 Å². The minimum atomic E-state index is -0.991. The maximum Gasteiger partial charge on any atom is 0.390 e. The maximum absolute atomic E-state index is 12.3. The largest absolute Gasteiger partial charge is 0.474 e. The van der Waals surface area contributed by atoms with E-state index in [9.17, 15) is 19.8 Å². The van der Waals surface area contributed by atoms with Gasteiger partial charge in [-0.05, 0) is 32.4 Å². The molecule has 1 amide bonds. The molecule has 0 radical (unpaired) electrons. The predicted octanol–water partition coefficient (Wildman–Crippen LogP) is -0.309. The van der Waals surface area contributed by atoms with Crippen molar-refractivity contribution in [1.29, 1.82) is 0 Å². The molecule has 20 heavy (non-hydrogen) atoms. The third-order valence-electron chi connectivity index (χ3n) is 5.20. The van der Waals surface area contributed by atoms with Crippen LogP contribution in [0.3, 0.4) is 0 Å². The van der Waals surface area contributed by atoms with E-state index in [0.717, 1.165) is 25.1 Å². The Morgan fingerprint density at radius 3 is 2.60 bits per heavy atom. The molecule has 3 aliphatic heterocycles. The number of aliphatic hydroxyl groups is 1. The van der Waals surface area contributed by atoms with Gasteiger partial charge in [-0.3, -0.25) is 0 Å². The molecule has 6 nitrogen and oxygen atoms in total. The van der Waals surface area contributed by atoms with Crippen LogP contribution < -0.4 is 5.32 Å². The number of hydrogen-bond acceptors (Lipinski definition) is 4. The van der Waals surface area contributed by atoms with Gasteiger partial charge >= 0.3 is 11.9 Å². The zero-order valence-corrected chi connectivity index (χ0v) is 11.8. The van der Waals surface area contributed by atoms with Gasteiger partial charge in [0, 0.05) is 12.0 Å². The number of carbonyl (C=O) groups excluding carboxylic acids is 1. The Balaban J connectivity index is 1.92. The van der Waals surface area contributed by atoms with Crippen LogP contribution in [0.15, 0.2) is 11.3 Å². The lowest BCUT2D eigenvalue weighted by Crippen LogP contribution is -2.72. The number of nitrogens with one attached hydrogen (secondary N) is 1. The first-order valence-electron chi connectivity index (χ1n) is 7.12. The van der Waals surface area contributed by atoms with Crippen molar-refractivity contribution in [3.05, 3.63) is 11.3 Å². The number of carboxylic acids is 1. The Morgan fingerprint density at radius 1 is 1.50 bits per heavy atom. The van der Waals surface area contributed by atoms with Crippen LogP contribution >= 0.6 is 0 Å². The van der Waals surface area contributed by atoms with E-state index in [2.05, 4.69) is 5.32 Å². The Morgan fingerprint density at radius 2 is 2.15 bits per heavy atom. The number of fused-ring (bicyclic) bond motifs is 1. The summed E-state index contributed by atoms with van der Waals surface area (Å²) in [7, 11) is 1.68. The number of likely N-dealkylation sites (N-methyl/N-ethyl adjacent to an activating group) is 1. The van der Waals surface area contributed by atoms with Crippen LogP contribution in [0.5, 0.6) is 0 Å². The highest BCUT2D eigenvalue weighted by molar-refractivity contribution is 5.92. The highest BCUT2D eigenvalue weighted by Gasteiger charge is 2.69. The number of aliphatic hydroxyl groups excluding tert-OH is 1. The van der Waals surface area contributed by atoms with Gasteiger partial charge in [-0.1, -0.05) is 0 Å². The molecule has 0 saturated carbocycles. The highest BCUT2D eigenvalue weighted by atomic mass is 16.4. The molecule has 3 N–H and O–H groups in total. The summed E-state index contributed by atoms with van der Waals surface area (Å²) in [5, 5.41) is 22.4. The number of hydrogen-bond donors (Lipinski definition) is 3. The van der Waals surface area contributed by atoms with Gasteiger partial charge in [-0.25, -0.2) is 14.1 Å². The molecule has 110 valence electrons. The molecule has 0 aromatic rings. The lowest BCUT2D eigenvalue weighted by atomic mass is 9.80. The maximum atomic E-state index is 12.3. The van der Waals surface area contributed by atoms with Crippen molar-refractivity contribution in [3.63, 3.8) is 0 Å². The van der Waals surface area contributed by atoms with E-state index in [0.29, 0.717) is 12.3 Å². The highest BCUT2D eigenvalue weighted by Crippen LogP contribution is 2.50. The molecule has 1 unspecified atom stereocenters. The molecular weight excluding hydrogens is 260 g/mol. The summed E-state index contributed by atoms with van der Waals surface area (Å²) < 4.78 is -0.125. The molecule has 6 heteroatoms. The van der Waals surface area contributed by atoms with Gasteiger partial charge in [0.25, 0.3) is 0 Å². The van der Waals surface area contributed by atoms with Gasteiger partial charge in [-0.2, -0.15) is 0 Å². The molecule has 4 atom stereocenters. The van der Waals surface area contributed by atoms with Crippen molar-refractivity contribution < 1.29 is 24.3 Å². The number of quaternary nitrogens is 1. The molecule has 0 aliphatic carbocycles. The second-order valence-corrected chi connectivity index (χ2v) is 6.44. The molecule has 3 aliphatic rings. The molecule has 3 heterocycles. The Bertz CT molecular complexity index is 509. The zero-order chi connectivity index (χ0) is 14.7. The number of nitrogens with zero attached hydrogens (tertiary/aromatic N) is 1. The van der Waals surface area contributed by atoms with Crippen LogP contribution in [0.4, 0.5) is 0 Å². The monoisotopic (exact) mass is 281 g/mol. The van der Waals surface area contributed by atoms with E-state index in [4.69, 9.17) is 0 Å². The van der Waals surface area contributed by atoms with E-state index >= 15 is 0 Å². The number of carboxylic acid groups (broad SMARTS) is 1. The third-order valence-corrected chi connectivity index (χ3v) is 5.20. The van der Waals surface area contributed by atoms with E-state index < -0.39 is 18.0 Å². The van der Waals surface area contributed by atoms with Crippen molar-refractivity contribution in [2.45, 2.75) is 31.9 Å². The van der Waals surface area contributed by atoms with Crippen LogP contribution in [0, 0.1) is 11.8 Å². The van der Waals surface area contributed by atoms with Crippen molar-refractivity contribution in [1.82, 2.24) is 5.32 Å². The first-order chi connectivity index (χ1) is 9.37. The van der Waals surface area contributed by atoms with E-state index in [-0.39, 0.29) is 22.1 Å². The summed E-state index contributed by atoms with van der Waals surface area (Å²) >= 11 is 0. The molecule has 0 aromatic carbocycles. The molecule has 0 bridgehead atoms. The van der Waals surface area contributed by atoms with Crippen LogP contribution in [0.25, 0.3) is 0 Å². The summed E-state index contributed by atoms with van der Waals surface area (Å²) in [5.41, 5.74) is 1.15. The molecule has 3 rings (SSSR count). The van der Waals surface area contributed by atoms with Gasteiger partial charge in [0.2, 0.25) is 5.70 Å². The SMILES string of the molecule is C[C@@H](O)[C@H]1C(=O)[N+]2(C)C(C(=O)O)=C(CC3CNC3)C[C@H]12. The van der Waals surface area contributed by atoms with Crippen LogP contribution in [-0.4, -0.2) is 58.9 Å². The number of carbonyl (C=O) groups is 2. The Hall–Kier alpha value is -1.24. The second kappa shape index (κ2) is 4.38. The quantitative estimate of drug-likeness (QED) is 0.486. The number of amides is 1.